The first kappa shape index (κ1) is 22.1. The number of aromatic amines is 1. The first-order valence-electron chi connectivity index (χ1n) is 11.3. The van der Waals surface area contributed by atoms with Crippen LogP contribution in [0.1, 0.15) is 65.1 Å². The Morgan fingerprint density at radius 1 is 1.19 bits per heavy atom. The fourth-order valence-corrected chi connectivity index (χ4v) is 4.28. The van der Waals surface area contributed by atoms with Crippen molar-refractivity contribution in [2.24, 2.45) is 0 Å². The molecule has 4 rings (SSSR count). The van der Waals surface area contributed by atoms with Gasteiger partial charge in [0.05, 0.1) is 0 Å². The predicted molar refractivity (Wildman–Crippen MR) is 126 cm³/mol. The molecule has 3 aromatic heterocycles. The summed E-state index contributed by atoms with van der Waals surface area (Å²) in [4.78, 5) is 34.4. The molecule has 32 heavy (non-hydrogen) atoms. The van der Waals surface area contributed by atoms with Gasteiger partial charge >= 0.3 is 6.09 Å². The van der Waals surface area contributed by atoms with Crippen molar-refractivity contribution in [3.8, 4) is 11.1 Å². The Morgan fingerprint density at radius 3 is 2.56 bits per heavy atom. The van der Waals surface area contributed by atoms with Gasteiger partial charge in [0.15, 0.2) is 0 Å². The van der Waals surface area contributed by atoms with Crippen molar-refractivity contribution in [3.05, 3.63) is 52.7 Å². The second-order valence-corrected chi connectivity index (χ2v) is 9.84. The molecule has 1 aliphatic rings. The molecule has 0 radical (unpaired) electrons. The molecule has 4 heterocycles. The van der Waals surface area contributed by atoms with Crippen molar-refractivity contribution in [2.45, 2.75) is 65.0 Å². The second kappa shape index (κ2) is 8.45. The molecule has 7 nitrogen and oxygen atoms in total. The summed E-state index contributed by atoms with van der Waals surface area (Å²) >= 11 is 0. The summed E-state index contributed by atoms with van der Waals surface area (Å²) < 4.78 is 7.26. The number of hydrogen-bond donors (Lipinski definition) is 1. The SMILES string of the molecule is CC(C)n1cc(-c2ccnc3[nH]c(C4CCN(C(=O)OC(C)(C)C)CC4)cc23)ccc1=O. The Hall–Kier alpha value is -3.09. The molecule has 1 amide bonds. The smallest absolute Gasteiger partial charge is 0.410 e. The number of rotatable bonds is 3. The third-order valence-corrected chi connectivity index (χ3v) is 5.94. The topological polar surface area (TPSA) is 80.2 Å². The Bertz CT molecular complexity index is 1180. The van der Waals surface area contributed by atoms with Gasteiger partial charge in [0.25, 0.3) is 5.56 Å². The van der Waals surface area contributed by atoms with Gasteiger partial charge in [-0.25, -0.2) is 9.78 Å². The predicted octanol–water partition coefficient (Wildman–Crippen LogP) is 5.09. The molecule has 3 aromatic rings. The zero-order valence-corrected chi connectivity index (χ0v) is 19.5. The Kier molecular flexibility index (Phi) is 5.84. The average Bonchev–Trinajstić information content (AvgIpc) is 3.17. The zero-order valence-electron chi connectivity index (χ0n) is 19.5. The van der Waals surface area contributed by atoms with Crippen LogP contribution in [0.3, 0.4) is 0 Å². The van der Waals surface area contributed by atoms with Crippen LogP contribution in [0.15, 0.2) is 41.5 Å². The standard InChI is InChI=1S/C25H32N4O3/c1-16(2)29-15-18(6-7-22(29)30)19-8-11-26-23-20(19)14-21(27-23)17-9-12-28(13-10-17)24(31)32-25(3,4)5/h6-8,11,14-17H,9-10,12-13H2,1-5H3,(H,26,27). The number of carbonyl (C=O) groups is 1. The number of hydrogen-bond acceptors (Lipinski definition) is 4. The molecular formula is C25H32N4O3. The lowest BCUT2D eigenvalue weighted by Gasteiger charge is -2.33. The van der Waals surface area contributed by atoms with Crippen molar-refractivity contribution in [2.75, 3.05) is 13.1 Å². The van der Waals surface area contributed by atoms with Gasteiger partial charge < -0.3 is 19.2 Å². The Labute approximate surface area is 188 Å². The van der Waals surface area contributed by atoms with Crippen LogP contribution in [0, 0.1) is 0 Å². The van der Waals surface area contributed by atoms with Crippen LogP contribution < -0.4 is 5.56 Å². The second-order valence-electron chi connectivity index (χ2n) is 9.84. The number of carbonyl (C=O) groups excluding carboxylic acids is 1. The van der Waals surface area contributed by atoms with Crippen LogP contribution in [0.4, 0.5) is 4.79 Å². The molecule has 0 spiro atoms. The average molecular weight is 437 g/mol. The monoisotopic (exact) mass is 436 g/mol. The number of pyridine rings is 2. The van der Waals surface area contributed by atoms with Crippen molar-refractivity contribution >= 4 is 17.1 Å². The van der Waals surface area contributed by atoms with E-state index in [4.69, 9.17) is 4.74 Å². The number of likely N-dealkylation sites (tertiary alicyclic amines) is 1. The minimum Gasteiger partial charge on any atom is -0.444 e. The van der Waals surface area contributed by atoms with Gasteiger partial charge in [-0.2, -0.15) is 0 Å². The van der Waals surface area contributed by atoms with Gasteiger partial charge in [0.2, 0.25) is 0 Å². The van der Waals surface area contributed by atoms with Crippen molar-refractivity contribution in [1.82, 2.24) is 19.4 Å². The first-order valence-corrected chi connectivity index (χ1v) is 11.3. The number of aromatic nitrogens is 3. The van der Waals surface area contributed by atoms with Crippen LogP contribution in [-0.4, -0.2) is 44.2 Å². The maximum atomic E-state index is 12.4. The number of nitrogens with one attached hydrogen (secondary N) is 1. The van der Waals surface area contributed by atoms with Crippen molar-refractivity contribution in [3.63, 3.8) is 0 Å². The summed E-state index contributed by atoms with van der Waals surface area (Å²) in [6.45, 7) is 11.0. The molecule has 0 unspecified atom stereocenters. The number of ether oxygens (including phenoxy) is 1. The number of amides is 1. The summed E-state index contributed by atoms with van der Waals surface area (Å²) in [5, 5.41) is 1.05. The van der Waals surface area contributed by atoms with Gasteiger partial charge in [-0.1, -0.05) is 0 Å². The van der Waals surface area contributed by atoms with Crippen LogP contribution in [-0.2, 0) is 4.74 Å². The minimum atomic E-state index is -0.481. The van der Waals surface area contributed by atoms with E-state index in [1.54, 1.807) is 21.7 Å². The number of H-pyrrole nitrogens is 1. The Morgan fingerprint density at radius 2 is 1.91 bits per heavy atom. The van der Waals surface area contributed by atoms with Crippen LogP contribution >= 0.6 is 0 Å². The number of piperidine rings is 1. The molecule has 1 N–H and O–H groups in total. The lowest BCUT2D eigenvalue weighted by molar-refractivity contribution is 0.0204. The summed E-state index contributed by atoms with van der Waals surface area (Å²) in [6.07, 6.45) is 5.23. The van der Waals surface area contributed by atoms with E-state index in [2.05, 4.69) is 16.0 Å². The fourth-order valence-electron chi connectivity index (χ4n) is 4.28. The molecule has 0 bridgehead atoms. The molecule has 0 aromatic carbocycles. The minimum absolute atomic E-state index is 0.000514. The maximum Gasteiger partial charge on any atom is 0.410 e. The zero-order chi connectivity index (χ0) is 23.0. The highest BCUT2D eigenvalue weighted by Gasteiger charge is 2.28. The van der Waals surface area contributed by atoms with Crippen LogP contribution in [0.2, 0.25) is 0 Å². The van der Waals surface area contributed by atoms with E-state index in [1.807, 2.05) is 52.9 Å². The highest BCUT2D eigenvalue weighted by molar-refractivity contribution is 5.93. The van der Waals surface area contributed by atoms with Gasteiger partial charge in [-0.3, -0.25) is 4.79 Å². The van der Waals surface area contributed by atoms with E-state index in [0.29, 0.717) is 19.0 Å². The summed E-state index contributed by atoms with van der Waals surface area (Å²) in [6, 6.07) is 7.77. The van der Waals surface area contributed by atoms with E-state index >= 15 is 0 Å². The Balaban J connectivity index is 1.57. The number of nitrogens with zero attached hydrogens (tertiary/aromatic N) is 3. The van der Waals surface area contributed by atoms with Gasteiger partial charge in [0, 0.05) is 54.6 Å². The molecule has 7 heteroatoms. The first-order chi connectivity index (χ1) is 15.1. The molecule has 0 atom stereocenters. The lowest BCUT2D eigenvalue weighted by Crippen LogP contribution is -2.41. The van der Waals surface area contributed by atoms with Crippen LogP contribution in [0.5, 0.6) is 0 Å². The summed E-state index contributed by atoms with van der Waals surface area (Å²) in [5.74, 6) is 0.334. The third-order valence-electron chi connectivity index (χ3n) is 5.94. The van der Waals surface area contributed by atoms with E-state index < -0.39 is 5.60 Å². The number of fused-ring (bicyclic) bond motifs is 1. The van der Waals surface area contributed by atoms with E-state index in [0.717, 1.165) is 40.7 Å². The highest BCUT2D eigenvalue weighted by Crippen LogP contribution is 2.33. The molecule has 1 fully saturated rings. The molecule has 0 aliphatic carbocycles. The van der Waals surface area contributed by atoms with Gasteiger partial charge in [0.1, 0.15) is 11.2 Å². The molecule has 0 saturated carbocycles. The van der Waals surface area contributed by atoms with Crippen LogP contribution in [0.25, 0.3) is 22.2 Å². The molecular weight excluding hydrogens is 404 g/mol. The maximum absolute atomic E-state index is 12.4. The van der Waals surface area contributed by atoms with Gasteiger partial charge in [-0.15, -0.1) is 0 Å². The van der Waals surface area contributed by atoms with E-state index in [-0.39, 0.29) is 17.7 Å². The molecule has 1 aliphatic heterocycles. The lowest BCUT2D eigenvalue weighted by atomic mass is 9.93. The fraction of sp³-hybridized carbons (Fsp3) is 0.480. The third kappa shape index (κ3) is 4.56. The largest absolute Gasteiger partial charge is 0.444 e. The normalized spacial score (nSPS) is 15.5. The summed E-state index contributed by atoms with van der Waals surface area (Å²) in [7, 11) is 0. The highest BCUT2D eigenvalue weighted by atomic mass is 16.6. The van der Waals surface area contributed by atoms with Gasteiger partial charge in [-0.05, 0) is 76.8 Å². The van der Waals surface area contributed by atoms with E-state index in [9.17, 15) is 9.59 Å². The molecule has 1 saturated heterocycles. The van der Waals surface area contributed by atoms with E-state index in [1.165, 1.54) is 0 Å². The van der Waals surface area contributed by atoms with Crippen molar-refractivity contribution < 1.29 is 9.53 Å². The quantitative estimate of drug-likeness (QED) is 0.620. The van der Waals surface area contributed by atoms with Crippen molar-refractivity contribution in [1.29, 1.82) is 0 Å². The molecule has 170 valence electrons. The summed E-state index contributed by atoms with van der Waals surface area (Å²) in [5.41, 5.74) is 3.55.